The number of anilines is 3. The van der Waals surface area contributed by atoms with E-state index < -0.39 is 0 Å². The summed E-state index contributed by atoms with van der Waals surface area (Å²) in [5.41, 5.74) is 3.65. The Hall–Kier alpha value is -3.41. The van der Waals surface area contributed by atoms with Gasteiger partial charge in [-0.05, 0) is 69.7 Å². The fraction of sp³-hybridized carbons (Fsp3) is 0.227. The molecule has 0 aliphatic heterocycles. The van der Waals surface area contributed by atoms with Crippen LogP contribution in [0.2, 0.25) is 0 Å². The Morgan fingerprint density at radius 3 is 2.39 bits per heavy atom. The van der Waals surface area contributed by atoms with Crippen molar-refractivity contribution in [2.45, 2.75) is 33.8 Å². The summed E-state index contributed by atoms with van der Waals surface area (Å²) in [4.78, 5) is 21.4. The van der Waals surface area contributed by atoms with Crippen LogP contribution in [-0.2, 0) is 0 Å². The molecule has 144 valence electrons. The van der Waals surface area contributed by atoms with Crippen molar-refractivity contribution in [1.29, 1.82) is 0 Å². The number of para-hydroxylation sites is 1. The molecule has 6 heteroatoms. The van der Waals surface area contributed by atoms with E-state index in [1.807, 2.05) is 64.1 Å². The number of aromatic nitrogens is 2. The Morgan fingerprint density at radius 1 is 1.00 bits per heavy atom. The number of benzene rings is 2. The molecule has 0 fully saturated rings. The van der Waals surface area contributed by atoms with E-state index in [0.29, 0.717) is 23.0 Å². The maximum atomic E-state index is 12.6. The predicted molar refractivity (Wildman–Crippen MR) is 111 cm³/mol. The molecule has 2 aromatic carbocycles. The summed E-state index contributed by atoms with van der Waals surface area (Å²) in [5, 5.41) is 6.03. The van der Waals surface area contributed by atoms with Crippen LogP contribution in [0.3, 0.4) is 0 Å². The monoisotopic (exact) mass is 376 g/mol. The van der Waals surface area contributed by atoms with Crippen molar-refractivity contribution in [2.75, 3.05) is 10.6 Å². The number of amides is 1. The van der Waals surface area contributed by atoms with E-state index in [0.717, 1.165) is 17.0 Å². The van der Waals surface area contributed by atoms with Crippen molar-refractivity contribution in [3.8, 4) is 5.75 Å². The first-order chi connectivity index (χ1) is 13.4. The molecule has 0 aliphatic carbocycles. The molecule has 0 aliphatic rings. The van der Waals surface area contributed by atoms with Gasteiger partial charge in [-0.15, -0.1) is 0 Å². The van der Waals surface area contributed by atoms with E-state index in [4.69, 9.17) is 4.74 Å². The van der Waals surface area contributed by atoms with Gasteiger partial charge in [0.15, 0.2) is 0 Å². The molecular weight excluding hydrogens is 352 g/mol. The number of aryl methyl sites for hydroxylation is 2. The van der Waals surface area contributed by atoms with Gasteiger partial charge in [-0.2, -0.15) is 0 Å². The van der Waals surface area contributed by atoms with Gasteiger partial charge < -0.3 is 15.4 Å². The number of ether oxygens (including phenoxy) is 1. The second-order valence-electron chi connectivity index (χ2n) is 6.80. The Morgan fingerprint density at radius 2 is 1.71 bits per heavy atom. The van der Waals surface area contributed by atoms with E-state index in [9.17, 15) is 4.79 Å². The maximum absolute atomic E-state index is 12.6. The Kier molecular flexibility index (Phi) is 5.89. The summed E-state index contributed by atoms with van der Waals surface area (Å²) < 4.78 is 5.61. The number of nitrogens with zero attached hydrogens (tertiary/aromatic N) is 2. The number of nitrogens with one attached hydrogen (secondary N) is 2. The second kappa shape index (κ2) is 8.52. The molecule has 0 spiro atoms. The maximum Gasteiger partial charge on any atom is 0.274 e. The molecule has 0 saturated carbocycles. The minimum Gasteiger partial charge on any atom is -0.491 e. The summed E-state index contributed by atoms with van der Waals surface area (Å²) in [5.74, 6) is 0.853. The normalized spacial score (nSPS) is 10.6. The van der Waals surface area contributed by atoms with Crippen LogP contribution in [0, 0.1) is 13.8 Å². The van der Waals surface area contributed by atoms with Gasteiger partial charge in [0.1, 0.15) is 11.4 Å². The largest absolute Gasteiger partial charge is 0.491 e. The molecule has 6 nitrogen and oxygen atoms in total. The van der Waals surface area contributed by atoms with Crippen LogP contribution in [0.25, 0.3) is 0 Å². The zero-order valence-electron chi connectivity index (χ0n) is 16.5. The highest BCUT2D eigenvalue weighted by Crippen LogP contribution is 2.20. The second-order valence-corrected chi connectivity index (χ2v) is 6.80. The number of hydrogen-bond acceptors (Lipinski definition) is 5. The van der Waals surface area contributed by atoms with Crippen LogP contribution in [-0.4, -0.2) is 22.0 Å². The molecule has 0 unspecified atom stereocenters. The van der Waals surface area contributed by atoms with Crippen molar-refractivity contribution in [3.63, 3.8) is 0 Å². The summed E-state index contributed by atoms with van der Waals surface area (Å²) in [6.07, 6.45) is 0.101. The Balaban J connectivity index is 1.75. The minimum atomic E-state index is -0.295. The highest BCUT2D eigenvalue weighted by Gasteiger charge is 2.12. The lowest BCUT2D eigenvalue weighted by atomic mass is 10.2. The molecule has 28 heavy (non-hydrogen) atoms. The molecule has 0 radical (unpaired) electrons. The smallest absolute Gasteiger partial charge is 0.274 e. The lowest BCUT2D eigenvalue weighted by Gasteiger charge is -2.12. The summed E-state index contributed by atoms with van der Waals surface area (Å²) >= 11 is 0. The van der Waals surface area contributed by atoms with Gasteiger partial charge in [-0.1, -0.05) is 18.2 Å². The standard InChI is InChI=1S/C22H24N4O2/c1-14(2)28-18-11-9-17(10-12-18)24-21(27)20-13-16(4)23-22(26-20)25-19-8-6-5-7-15(19)3/h5-14H,1-4H3,(H,24,27)(H,23,25,26). The number of hydrogen-bond donors (Lipinski definition) is 2. The SMILES string of the molecule is Cc1cc(C(=O)Nc2ccc(OC(C)C)cc2)nc(Nc2ccccc2C)n1. The number of carbonyl (C=O) groups excluding carboxylic acids is 1. The average Bonchev–Trinajstić information content (AvgIpc) is 2.64. The van der Waals surface area contributed by atoms with E-state index in [2.05, 4.69) is 20.6 Å². The van der Waals surface area contributed by atoms with Crippen LogP contribution in [0.4, 0.5) is 17.3 Å². The number of rotatable bonds is 6. The Labute approximate surface area is 165 Å². The average molecular weight is 376 g/mol. The molecule has 1 heterocycles. The van der Waals surface area contributed by atoms with Crippen LogP contribution in [0.5, 0.6) is 5.75 Å². The number of carbonyl (C=O) groups is 1. The van der Waals surface area contributed by atoms with Gasteiger partial charge in [-0.3, -0.25) is 4.79 Å². The molecule has 3 aromatic rings. The van der Waals surface area contributed by atoms with Crippen molar-refractivity contribution >= 4 is 23.2 Å². The van der Waals surface area contributed by atoms with E-state index in [1.165, 1.54) is 0 Å². The topological polar surface area (TPSA) is 76.1 Å². The van der Waals surface area contributed by atoms with Crippen molar-refractivity contribution in [1.82, 2.24) is 9.97 Å². The van der Waals surface area contributed by atoms with Crippen molar-refractivity contribution in [3.05, 3.63) is 71.5 Å². The fourth-order valence-electron chi connectivity index (χ4n) is 2.66. The van der Waals surface area contributed by atoms with Gasteiger partial charge in [-0.25, -0.2) is 9.97 Å². The van der Waals surface area contributed by atoms with E-state index >= 15 is 0 Å². The van der Waals surface area contributed by atoms with E-state index in [-0.39, 0.29) is 12.0 Å². The molecule has 0 bridgehead atoms. The lowest BCUT2D eigenvalue weighted by Crippen LogP contribution is -2.15. The molecule has 1 amide bonds. The summed E-state index contributed by atoms with van der Waals surface area (Å²) in [6, 6.07) is 16.8. The molecule has 3 rings (SSSR count). The minimum absolute atomic E-state index is 0.101. The molecule has 1 aromatic heterocycles. The highest BCUT2D eigenvalue weighted by atomic mass is 16.5. The first kappa shape index (κ1) is 19.4. The first-order valence-electron chi connectivity index (χ1n) is 9.17. The third kappa shape index (κ3) is 5.07. The van der Waals surface area contributed by atoms with Gasteiger partial charge in [0.2, 0.25) is 5.95 Å². The van der Waals surface area contributed by atoms with Crippen molar-refractivity contribution < 1.29 is 9.53 Å². The zero-order valence-corrected chi connectivity index (χ0v) is 16.5. The molecule has 2 N–H and O–H groups in total. The highest BCUT2D eigenvalue weighted by molar-refractivity contribution is 6.03. The quantitative estimate of drug-likeness (QED) is 0.641. The van der Waals surface area contributed by atoms with Gasteiger partial charge >= 0.3 is 0 Å². The van der Waals surface area contributed by atoms with Crippen LogP contribution >= 0.6 is 0 Å². The van der Waals surface area contributed by atoms with Gasteiger partial charge in [0.25, 0.3) is 5.91 Å². The third-order valence-corrected chi connectivity index (χ3v) is 3.96. The molecular formula is C22H24N4O2. The zero-order chi connectivity index (χ0) is 20.1. The molecule has 0 saturated heterocycles. The Bertz CT molecular complexity index is 969. The summed E-state index contributed by atoms with van der Waals surface area (Å²) in [6.45, 7) is 7.77. The van der Waals surface area contributed by atoms with Crippen LogP contribution in [0.15, 0.2) is 54.6 Å². The van der Waals surface area contributed by atoms with Crippen LogP contribution in [0.1, 0.15) is 35.6 Å². The van der Waals surface area contributed by atoms with Crippen molar-refractivity contribution in [2.24, 2.45) is 0 Å². The van der Waals surface area contributed by atoms with E-state index in [1.54, 1.807) is 18.2 Å². The summed E-state index contributed by atoms with van der Waals surface area (Å²) in [7, 11) is 0. The van der Waals surface area contributed by atoms with Gasteiger partial charge in [0, 0.05) is 17.1 Å². The lowest BCUT2D eigenvalue weighted by molar-refractivity contribution is 0.102. The van der Waals surface area contributed by atoms with Crippen LogP contribution < -0.4 is 15.4 Å². The fourth-order valence-corrected chi connectivity index (χ4v) is 2.66. The first-order valence-corrected chi connectivity index (χ1v) is 9.17. The third-order valence-electron chi connectivity index (χ3n) is 3.96. The predicted octanol–water partition coefficient (Wildman–Crippen LogP) is 4.88. The molecule has 0 atom stereocenters. The van der Waals surface area contributed by atoms with Gasteiger partial charge in [0.05, 0.1) is 6.10 Å².